The fourth-order valence-corrected chi connectivity index (χ4v) is 4.36. The molecule has 2 aliphatic carbocycles. The van der Waals surface area contributed by atoms with E-state index in [2.05, 4.69) is 124 Å². The molecule has 0 saturated carbocycles. The summed E-state index contributed by atoms with van der Waals surface area (Å²) in [6, 6.07) is 10.9. The topological polar surface area (TPSA) is 0 Å². The molecule has 226 valence electrons. The van der Waals surface area contributed by atoms with Crippen LogP contribution >= 0.6 is 24.8 Å². The number of aryl methyl sites for hydroxylation is 2. The number of unbranched alkanes of at least 4 members (excludes halogenated alkanes) is 2. The summed E-state index contributed by atoms with van der Waals surface area (Å²) in [5.74, 6) is 0. The van der Waals surface area contributed by atoms with Gasteiger partial charge in [0.25, 0.3) is 0 Å². The van der Waals surface area contributed by atoms with Crippen molar-refractivity contribution >= 4 is 29.0 Å². The van der Waals surface area contributed by atoms with Crippen molar-refractivity contribution in [1.82, 2.24) is 0 Å². The Labute approximate surface area is 277 Å². The molecule has 3 heteroatoms. The minimum absolute atomic E-state index is 0. The molecule has 0 fully saturated rings. The first-order valence-corrected chi connectivity index (χ1v) is 15.9. The number of fused-ring (bicyclic) bond motifs is 3. The molecule has 0 bridgehead atoms. The molecule has 0 saturated heterocycles. The zero-order chi connectivity index (χ0) is 29.5. The third-order valence-corrected chi connectivity index (χ3v) is 6.37. The third kappa shape index (κ3) is 14.4. The molecule has 0 radical (unpaired) electrons. The maximum absolute atomic E-state index is 3.69. The average molecular weight is 663 g/mol. The zero-order valence-electron chi connectivity index (χ0n) is 27.1. The Bertz CT molecular complexity index is 948. The van der Waals surface area contributed by atoms with Crippen molar-refractivity contribution in [2.45, 2.75) is 119 Å². The van der Waals surface area contributed by atoms with Gasteiger partial charge in [-0.05, 0) is 35.4 Å². The summed E-state index contributed by atoms with van der Waals surface area (Å²) in [5, 5.41) is 0. The van der Waals surface area contributed by atoms with Crippen molar-refractivity contribution in [3.8, 4) is 11.1 Å². The molecule has 0 amide bonds. The number of benzene rings is 2. The first-order valence-electron chi connectivity index (χ1n) is 14.2. The Hall–Kier alpha value is -0.747. The Balaban J connectivity index is -0.000000668. The molecule has 40 heavy (non-hydrogen) atoms. The molecule has 0 nitrogen and oxygen atoms in total. The maximum atomic E-state index is 3.69. The second-order valence-corrected chi connectivity index (χ2v) is 11.9. The molecular weight excluding hydrogens is 607 g/mol. The van der Waals surface area contributed by atoms with E-state index in [0.29, 0.717) is 0 Å². The Morgan fingerprint density at radius 2 is 1.30 bits per heavy atom. The monoisotopic (exact) mass is 660 g/mol. The number of allylic oxidation sites excluding steroid dienone is 4. The van der Waals surface area contributed by atoms with Gasteiger partial charge < -0.3 is 13.8 Å². The van der Waals surface area contributed by atoms with Crippen LogP contribution in [-0.4, -0.2) is 4.21 Å². The van der Waals surface area contributed by atoms with Crippen LogP contribution in [0.15, 0.2) is 36.4 Å². The first kappa shape index (κ1) is 43.7. The fraction of sp³-hybridized carbons (Fsp3) is 0.486. The quantitative estimate of drug-likeness (QED) is 0.240. The summed E-state index contributed by atoms with van der Waals surface area (Å²) >= 11 is 1.30. The van der Waals surface area contributed by atoms with Gasteiger partial charge in [0.05, 0.1) is 0 Å². The Morgan fingerprint density at radius 3 is 1.65 bits per heavy atom. The molecule has 0 heterocycles. The van der Waals surface area contributed by atoms with E-state index < -0.39 is 0 Å². The van der Waals surface area contributed by atoms with E-state index in [1.54, 1.807) is 0 Å². The summed E-state index contributed by atoms with van der Waals surface area (Å²) in [6.45, 7) is 29.7. The molecule has 0 aromatic heterocycles. The van der Waals surface area contributed by atoms with Gasteiger partial charge in [0.15, 0.2) is 0 Å². The number of hydrogen-bond acceptors (Lipinski definition) is 0. The summed E-state index contributed by atoms with van der Waals surface area (Å²) in [6.07, 6.45) is 15.6. The average Bonchev–Trinajstić information content (AvgIpc) is 3.54. The van der Waals surface area contributed by atoms with Crippen molar-refractivity contribution < 1.29 is 24.2 Å². The Morgan fingerprint density at radius 1 is 0.825 bits per heavy atom. The van der Waals surface area contributed by atoms with Crippen LogP contribution in [0.3, 0.4) is 0 Å². The van der Waals surface area contributed by atoms with Crippen LogP contribution in [0.2, 0.25) is 0 Å². The van der Waals surface area contributed by atoms with Gasteiger partial charge in [0.1, 0.15) is 0 Å². The molecule has 0 atom stereocenters. The van der Waals surface area contributed by atoms with Crippen molar-refractivity contribution in [3.05, 3.63) is 95.8 Å². The second-order valence-electron chi connectivity index (χ2n) is 11.9. The van der Waals surface area contributed by atoms with Crippen molar-refractivity contribution in [1.29, 1.82) is 0 Å². The van der Waals surface area contributed by atoms with Crippen molar-refractivity contribution in [3.63, 3.8) is 0 Å². The normalized spacial score (nSPS) is 11.8. The first-order chi connectivity index (χ1) is 17.8. The van der Waals surface area contributed by atoms with Gasteiger partial charge in [-0.1, -0.05) is 98.3 Å². The van der Waals surface area contributed by atoms with E-state index in [4.69, 9.17) is 0 Å². The van der Waals surface area contributed by atoms with E-state index in [1.807, 2.05) is 12.2 Å². The molecule has 2 aromatic carbocycles. The van der Waals surface area contributed by atoms with E-state index >= 15 is 0 Å². The predicted octanol–water partition coefficient (Wildman–Crippen LogP) is 11.6. The summed E-state index contributed by atoms with van der Waals surface area (Å²) in [5.41, 5.74) is 11.6. The van der Waals surface area contributed by atoms with Crippen LogP contribution in [0.25, 0.3) is 11.1 Å². The standard InChI is InChI=1S/C23H29.C5H5.2C4H9.CH2.2ClH.Zr/c1-14-9-16-11-17-10-15(2)21(23(6,7)8)13-19(17)18(16)12-20(14)22(3,4)5;1-2-4-5-3-1;2*1-3-4-2;;;;/h9,12-13H,11H2,1-8H3;1-3H,4H2;2*1,3-4H2,2H3;1H2;2*1H;/q4*-1;;;;. The van der Waals surface area contributed by atoms with Crippen LogP contribution < -0.4 is 0 Å². The van der Waals surface area contributed by atoms with Crippen LogP contribution in [0.4, 0.5) is 0 Å². The fourth-order valence-electron chi connectivity index (χ4n) is 4.36. The summed E-state index contributed by atoms with van der Waals surface area (Å²) < 4.78 is 3.34. The van der Waals surface area contributed by atoms with Crippen LogP contribution in [0.5, 0.6) is 0 Å². The molecule has 0 aliphatic heterocycles. The summed E-state index contributed by atoms with van der Waals surface area (Å²) in [4.78, 5) is 0. The van der Waals surface area contributed by atoms with Gasteiger partial charge in [0, 0.05) is 0 Å². The molecule has 0 spiro atoms. The van der Waals surface area contributed by atoms with Gasteiger partial charge in [-0.3, -0.25) is 6.08 Å². The Kier molecular flexibility index (Phi) is 23.9. The van der Waals surface area contributed by atoms with Gasteiger partial charge in [-0.25, -0.2) is 12.2 Å². The second kappa shape index (κ2) is 21.9. The van der Waals surface area contributed by atoms with E-state index in [0.717, 1.165) is 25.7 Å². The third-order valence-electron chi connectivity index (χ3n) is 6.37. The van der Waals surface area contributed by atoms with Gasteiger partial charge in [-0.15, -0.1) is 47.9 Å². The van der Waals surface area contributed by atoms with Gasteiger partial charge >= 0.3 is 28.4 Å². The number of rotatable bonds is 2. The van der Waals surface area contributed by atoms with Crippen LogP contribution in [0, 0.1) is 39.8 Å². The summed E-state index contributed by atoms with van der Waals surface area (Å²) in [7, 11) is 0. The number of halogens is 2. The predicted molar refractivity (Wildman–Crippen MR) is 184 cm³/mol. The van der Waals surface area contributed by atoms with E-state index in [9.17, 15) is 0 Å². The molecule has 4 rings (SSSR count). The molecule has 0 unspecified atom stereocenters. The van der Waals surface area contributed by atoms with E-state index in [-0.39, 0.29) is 35.6 Å². The molecular formula is C37H56Cl2Zr-4. The number of hydrogen-bond donors (Lipinski definition) is 0. The minimum atomic E-state index is 0. The molecule has 2 aromatic rings. The van der Waals surface area contributed by atoms with Crippen LogP contribution in [0.1, 0.15) is 121 Å². The molecule has 2 aliphatic rings. The molecule has 0 N–H and O–H groups in total. The van der Waals surface area contributed by atoms with Crippen molar-refractivity contribution in [2.24, 2.45) is 0 Å². The zero-order valence-corrected chi connectivity index (χ0v) is 31.2. The SMILES string of the molecule is Cc1[c-]c2c(cc1C(C)(C)C)-c1cc(C(C)(C)C)c(C)cc1C2.Cl.Cl.[C-]1=CC=CC1.[CH2-]CCC.[CH2-]CCC.[CH2]=[Zr]. The van der Waals surface area contributed by atoms with Gasteiger partial charge in [0.2, 0.25) is 0 Å². The van der Waals surface area contributed by atoms with Crippen molar-refractivity contribution in [2.75, 3.05) is 0 Å². The van der Waals surface area contributed by atoms with Gasteiger partial charge in [-0.2, -0.15) is 36.6 Å². The van der Waals surface area contributed by atoms with Crippen LogP contribution in [-0.2, 0) is 41.5 Å². The van der Waals surface area contributed by atoms with E-state index in [1.165, 1.54) is 81.6 Å².